The Kier molecular flexibility index (Phi) is 55.9. The summed E-state index contributed by atoms with van der Waals surface area (Å²) in [7, 11) is 0. The summed E-state index contributed by atoms with van der Waals surface area (Å²) in [5, 5.41) is 0. The van der Waals surface area contributed by atoms with Crippen LogP contribution >= 0.6 is 0 Å². The molecule has 0 radical (unpaired) electrons. The maximum atomic E-state index is 12.7. The van der Waals surface area contributed by atoms with Crippen LogP contribution < -0.4 is 0 Å². The fourth-order valence-corrected chi connectivity index (χ4v) is 7.90. The Morgan fingerprint density at radius 2 is 0.583 bits per heavy atom. The molecule has 1 unspecified atom stereocenters. The van der Waals surface area contributed by atoms with Gasteiger partial charge in [-0.25, -0.2) is 0 Å². The molecule has 0 saturated heterocycles. The molecule has 408 valence electrons. The van der Waals surface area contributed by atoms with E-state index in [-0.39, 0.29) is 31.6 Å². The van der Waals surface area contributed by atoms with Crippen molar-refractivity contribution in [1.82, 2.24) is 0 Å². The zero-order chi connectivity index (χ0) is 52.2. The van der Waals surface area contributed by atoms with Crippen molar-refractivity contribution in [2.24, 2.45) is 0 Å². The molecule has 0 fully saturated rings. The van der Waals surface area contributed by atoms with E-state index in [4.69, 9.17) is 14.2 Å². The van der Waals surface area contributed by atoms with Gasteiger partial charge in [0.2, 0.25) is 0 Å². The van der Waals surface area contributed by atoms with E-state index in [1.54, 1.807) is 6.08 Å². The number of hydrogen-bond donors (Lipinski definition) is 0. The van der Waals surface area contributed by atoms with E-state index in [0.29, 0.717) is 12.8 Å². The van der Waals surface area contributed by atoms with E-state index in [1.807, 2.05) is 6.08 Å². The summed E-state index contributed by atoms with van der Waals surface area (Å²) in [4.78, 5) is 37.9. The maximum absolute atomic E-state index is 12.7. The maximum Gasteiger partial charge on any atom is 0.310 e. The van der Waals surface area contributed by atoms with Crippen LogP contribution in [0.25, 0.3) is 0 Å². The second kappa shape index (κ2) is 59.4. The summed E-state index contributed by atoms with van der Waals surface area (Å²) in [6, 6.07) is 0. The highest BCUT2D eigenvalue weighted by atomic mass is 16.6. The third kappa shape index (κ3) is 56.7. The molecular formula is C66H108O6. The van der Waals surface area contributed by atoms with Crippen LogP contribution in [0, 0.1) is 0 Å². The molecule has 0 spiro atoms. The molecule has 72 heavy (non-hydrogen) atoms. The predicted molar refractivity (Wildman–Crippen MR) is 311 cm³/mol. The highest BCUT2D eigenvalue weighted by Crippen LogP contribution is 2.15. The van der Waals surface area contributed by atoms with E-state index in [2.05, 4.69) is 130 Å². The molecule has 6 heteroatoms. The fourth-order valence-electron chi connectivity index (χ4n) is 7.90. The Labute approximate surface area is 443 Å². The van der Waals surface area contributed by atoms with Gasteiger partial charge in [-0.15, -0.1) is 0 Å². The minimum absolute atomic E-state index is 0.0957. The van der Waals surface area contributed by atoms with Crippen molar-refractivity contribution in [2.45, 2.75) is 264 Å². The molecule has 6 nitrogen and oxygen atoms in total. The van der Waals surface area contributed by atoms with Gasteiger partial charge in [0.1, 0.15) is 13.2 Å². The summed E-state index contributed by atoms with van der Waals surface area (Å²) in [5.74, 6) is -1.05. The molecule has 0 amide bonds. The number of esters is 3. The Bertz CT molecular complexity index is 1520. The van der Waals surface area contributed by atoms with E-state index < -0.39 is 12.1 Å². The molecule has 0 aliphatic carbocycles. The first kappa shape index (κ1) is 67.8. The van der Waals surface area contributed by atoms with Gasteiger partial charge in [0, 0.05) is 12.8 Å². The van der Waals surface area contributed by atoms with Crippen molar-refractivity contribution in [3.05, 3.63) is 122 Å². The summed E-state index contributed by atoms with van der Waals surface area (Å²) in [6.45, 7) is 6.29. The fraction of sp³-hybridized carbons (Fsp3) is 0.652. The first-order valence-corrected chi connectivity index (χ1v) is 29.5. The normalized spacial score (nSPS) is 13.0. The third-order valence-electron chi connectivity index (χ3n) is 12.2. The summed E-state index contributed by atoms with van der Waals surface area (Å²) < 4.78 is 16.7. The number of carbonyl (C=O) groups excluding carboxylic acids is 3. The quantitative estimate of drug-likeness (QED) is 0.0261. The van der Waals surface area contributed by atoms with Crippen molar-refractivity contribution in [3.63, 3.8) is 0 Å². The predicted octanol–water partition coefficient (Wildman–Crippen LogP) is 20.0. The zero-order valence-corrected chi connectivity index (χ0v) is 46.7. The molecule has 0 aromatic heterocycles. The summed E-state index contributed by atoms with van der Waals surface area (Å²) in [5.41, 5.74) is 0. The third-order valence-corrected chi connectivity index (χ3v) is 12.2. The van der Waals surface area contributed by atoms with Crippen LogP contribution in [0.1, 0.15) is 258 Å². The number of hydrogen-bond acceptors (Lipinski definition) is 6. The SMILES string of the molecule is CC/C=C\C/C=C\C/C=C\C/C=C\C/C=C\CCCCCCCCCCCCCCCCCC(=O)OCC(COC(=O)CCCCCCCCCC)OC(=O)C/C=C\C/C=C\C/C=C\C/C=C\C/C=C\CC. The second-order valence-corrected chi connectivity index (χ2v) is 19.2. The minimum atomic E-state index is -0.831. The van der Waals surface area contributed by atoms with Crippen LogP contribution in [0.4, 0.5) is 0 Å². The molecule has 0 N–H and O–H groups in total. The van der Waals surface area contributed by atoms with Crippen LogP contribution in [0.3, 0.4) is 0 Å². The van der Waals surface area contributed by atoms with Gasteiger partial charge in [0.05, 0.1) is 6.42 Å². The highest BCUT2D eigenvalue weighted by Gasteiger charge is 2.19. The van der Waals surface area contributed by atoms with Crippen LogP contribution in [0.5, 0.6) is 0 Å². The Hall–Kier alpha value is -4.19. The number of carbonyl (C=O) groups is 3. The Balaban J connectivity index is 4.17. The van der Waals surface area contributed by atoms with Gasteiger partial charge >= 0.3 is 17.9 Å². The molecule has 0 saturated carbocycles. The van der Waals surface area contributed by atoms with E-state index >= 15 is 0 Å². The summed E-state index contributed by atoms with van der Waals surface area (Å²) >= 11 is 0. The van der Waals surface area contributed by atoms with Crippen LogP contribution in [-0.2, 0) is 28.6 Å². The van der Waals surface area contributed by atoms with Gasteiger partial charge in [-0.2, -0.15) is 0 Å². The monoisotopic (exact) mass is 997 g/mol. The molecule has 0 aromatic carbocycles. The summed E-state index contributed by atoms with van der Waals surface area (Å²) in [6.07, 6.45) is 82.5. The Morgan fingerprint density at radius 1 is 0.306 bits per heavy atom. The van der Waals surface area contributed by atoms with Crippen molar-refractivity contribution in [2.75, 3.05) is 13.2 Å². The molecular weight excluding hydrogens is 889 g/mol. The lowest BCUT2D eigenvalue weighted by Crippen LogP contribution is -2.30. The van der Waals surface area contributed by atoms with Gasteiger partial charge in [-0.3, -0.25) is 14.4 Å². The van der Waals surface area contributed by atoms with Crippen molar-refractivity contribution in [1.29, 1.82) is 0 Å². The van der Waals surface area contributed by atoms with E-state index in [9.17, 15) is 14.4 Å². The molecule has 0 aliphatic heterocycles. The van der Waals surface area contributed by atoms with Crippen molar-refractivity contribution < 1.29 is 28.6 Å². The molecule has 1 atom stereocenters. The second-order valence-electron chi connectivity index (χ2n) is 19.2. The topological polar surface area (TPSA) is 78.9 Å². The molecule has 0 bridgehead atoms. The van der Waals surface area contributed by atoms with Gasteiger partial charge in [-0.05, 0) is 89.9 Å². The number of ether oxygens (including phenoxy) is 3. The van der Waals surface area contributed by atoms with Gasteiger partial charge < -0.3 is 14.2 Å². The number of allylic oxidation sites excluding steroid dienone is 19. The first-order chi connectivity index (χ1) is 35.5. The van der Waals surface area contributed by atoms with E-state index in [0.717, 1.165) is 103 Å². The van der Waals surface area contributed by atoms with Crippen LogP contribution in [-0.4, -0.2) is 37.2 Å². The minimum Gasteiger partial charge on any atom is -0.462 e. The number of rotatable bonds is 52. The van der Waals surface area contributed by atoms with Crippen molar-refractivity contribution in [3.8, 4) is 0 Å². The zero-order valence-electron chi connectivity index (χ0n) is 46.7. The highest BCUT2D eigenvalue weighted by molar-refractivity contribution is 5.72. The standard InChI is InChI=1S/C66H108O6/c1-4-7-10-13-16-19-21-23-25-26-27-28-29-30-31-32-33-34-35-36-37-38-39-40-42-43-45-47-50-53-56-59-65(68)71-62-63(61-70-64(67)58-55-52-49-18-15-12-9-6-3)72-66(69)60-57-54-51-48-46-44-41-24-22-20-17-14-11-8-5-2/h7-8,10-11,16-17,19-20,23-25,27-28,30-31,41,46,48,54,57,63H,4-6,9,12-15,18,21-22,26,29,32-40,42-45,47,49-53,55-56,58-62H2,1-3H3/b10-7-,11-8-,19-16-,20-17-,25-23-,28-27-,31-30-,41-24-,48-46-,57-54-. The van der Waals surface area contributed by atoms with Gasteiger partial charge in [0.15, 0.2) is 6.10 Å². The number of unbranched alkanes of at least 4 members (excludes halogenated alkanes) is 22. The van der Waals surface area contributed by atoms with Crippen LogP contribution in [0.2, 0.25) is 0 Å². The smallest absolute Gasteiger partial charge is 0.310 e. The lowest BCUT2D eigenvalue weighted by Gasteiger charge is -2.18. The molecule has 0 heterocycles. The largest absolute Gasteiger partial charge is 0.462 e. The first-order valence-electron chi connectivity index (χ1n) is 29.5. The lowest BCUT2D eigenvalue weighted by atomic mass is 10.0. The van der Waals surface area contributed by atoms with E-state index in [1.165, 1.54) is 116 Å². The van der Waals surface area contributed by atoms with Crippen molar-refractivity contribution >= 4 is 17.9 Å². The average molecular weight is 998 g/mol. The molecule has 0 aliphatic rings. The Morgan fingerprint density at radius 3 is 0.917 bits per heavy atom. The van der Waals surface area contributed by atoms with Gasteiger partial charge in [0.25, 0.3) is 0 Å². The molecule has 0 rings (SSSR count). The van der Waals surface area contributed by atoms with Crippen LogP contribution in [0.15, 0.2) is 122 Å². The van der Waals surface area contributed by atoms with Gasteiger partial charge in [-0.1, -0.05) is 271 Å². The lowest BCUT2D eigenvalue weighted by molar-refractivity contribution is -0.166. The molecule has 0 aromatic rings. The average Bonchev–Trinajstić information content (AvgIpc) is 3.38.